The molecule has 0 aliphatic rings. The van der Waals surface area contributed by atoms with Crippen molar-refractivity contribution in [3.63, 3.8) is 0 Å². The van der Waals surface area contributed by atoms with Crippen molar-refractivity contribution in [1.82, 2.24) is 10.6 Å². The minimum Gasteiger partial charge on any atom is -0.497 e. The molecular formula is C18H19ClN2O3. The van der Waals surface area contributed by atoms with Gasteiger partial charge in [0.15, 0.2) is 0 Å². The van der Waals surface area contributed by atoms with E-state index in [1.165, 1.54) is 0 Å². The lowest BCUT2D eigenvalue weighted by atomic mass is 10.1. The van der Waals surface area contributed by atoms with E-state index in [9.17, 15) is 9.59 Å². The van der Waals surface area contributed by atoms with Crippen LogP contribution >= 0.6 is 11.6 Å². The minimum absolute atomic E-state index is 0.0951. The fraction of sp³-hybridized carbons (Fsp3) is 0.222. The van der Waals surface area contributed by atoms with Crippen LogP contribution in [0.1, 0.15) is 15.9 Å². The number of ether oxygens (including phenoxy) is 1. The SMILES string of the molecule is COc1cccc(CCNC(=O)CNC(=O)c2ccccc2Cl)c1. The van der Waals surface area contributed by atoms with Gasteiger partial charge in [0, 0.05) is 6.54 Å². The Morgan fingerprint density at radius 3 is 2.62 bits per heavy atom. The van der Waals surface area contributed by atoms with E-state index in [1.54, 1.807) is 31.4 Å². The van der Waals surface area contributed by atoms with Crippen molar-refractivity contribution >= 4 is 23.4 Å². The second-order valence-electron chi connectivity index (χ2n) is 5.11. The number of rotatable bonds is 7. The van der Waals surface area contributed by atoms with Gasteiger partial charge in [-0.1, -0.05) is 35.9 Å². The molecule has 126 valence electrons. The van der Waals surface area contributed by atoms with Crippen LogP contribution in [0.3, 0.4) is 0 Å². The van der Waals surface area contributed by atoms with E-state index in [0.717, 1.165) is 11.3 Å². The Labute approximate surface area is 146 Å². The molecule has 0 saturated carbocycles. The molecule has 2 aromatic rings. The Bertz CT molecular complexity index is 719. The van der Waals surface area contributed by atoms with Crippen LogP contribution in [0.25, 0.3) is 0 Å². The maximum atomic E-state index is 11.9. The molecule has 2 amide bonds. The van der Waals surface area contributed by atoms with Crippen LogP contribution in [0.15, 0.2) is 48.5 Å². The largest absolute Gasteiger partial charge is 0.497 e. The Hall–Kier alpha value is -2.53. The molecule has 2 aromatic carbocycles. The van der Waals surface area contributed by atoms with Crippen molar-refractivity contribution in [2.75, 3.05) is 20.2 Å². The molecule has 6 heteroatoms. The predicted octanol–water partition coefficient (Wildman–Crippen LogP) is 2.44. The Morgan fingerprint density at radius 2 is 1.88 bits per heavy atom. The van der Waals surface area contributed by atoms with Crippen LogP contribution in [0, 0.1) is 0 Å². The number of hydrogen-bond donors (Lipinski definition) is 2. The van der Waals surface area contributed by atoms with Gasteiger partial charge in [0.25, 0.3) is 5.91 Å². The van der Waals surface area contributed by atoms with Gasteiger partial charge in [-0.15, -0.1) is 0 Å². The van der Waals surface area contributed by atoms with E-state index in [0.29, 0.717) is 23.6 Å². The lowest BCUT2D eigenvalue weighted by molar-refractivity contribution is -0.120. The maximum absolute atomic E-state index is 11.9. The summed E-state index contributed by atoms with van der Waals surface area (Å²) in [5, 5.41) is 5.67. The van der Waals surface area contributed by atoms with Gasteiger partial charge in [-0.3, -0.25) is 9.59 Å². The predicted molar refractivity (Wildman–Crippen MR) is 93.5 cm³/mol. The van der Waals surface area contributed by atoms with Gasteiger partial charge in [-0.25, -0.2) is 0 Å². The summed E-state index contributed by atoms with van der Waals surface area (Å²) in [6.45, 7) is 0.385. The van der Waals surface area contributed by atoms with E-state index in [4.69, 9.17) is 16.3 Å². The molecule has 0 aliphatic carbocycles. The quantitative estimate of drug-likeness (QED) is 0.809. The first kappa shape index (κ1) is 17.8. The molecule has 24 heavy (non-hydrogen) atoms. The number of halogens is 1. The highest BCUT2D eigenvalue weighted by atomic mass is 35.5. The molecule has 0 atom stereocenters. The van der Waals surface area contributed by atoms with E-state index in [1.807, 2.05) is 24.3 Å². The Morgan fingerprint density at radius 1 is 1.08 bits per heavy atom. The summed E-state index contributed by atoms with van der Waals surface area (Å²) in [6, 6.07) is 14.4. The standard InChI is InChI=1S/C18H19ClN2O3/c1-24-14-6-4-5-13(11-14)9-10-20-17(22)12-21-18(23)15-7-2-3-8-16(15)19/h2-8,11H,9-10,12H2,1H3,(H,20,22)(H,21,23). The number of nitrogens with one attached hydrogen (secondary N) is 2. The summed E-state index contributed by atoms with van der Waals surface area (Å²) in [7, 11) is 1.61. The summed E-state index contributed by atoms with van der Waals surface area (Å²) in [6.07, 6.45) is 0.682. The summed E-state index contributed by atoms with van der Waals surface area (Å²) >= 11 is 5.94. The molecule has 0 bridgehead atoms. The molecular weight excluding hydrogens is 328 g/mol. The van der Waals surface area contributed by atoms with E-state index < -0.39 is 0 Å². The van der Waals surface area contributed by atoms with Gasteiger partial charge in [-0.05, 0) is 36.2 Å². The topological polar surface area (TPSA) is 67.4 Å². The van der Waals surface area contributed by atoms with Gasteiger partial charge in [0.2, 0.25) is 5.91 Å². The first-order valence-corrected chi connectivity index (χ1v) is 7.90. The number of carbonyl (C=O) groups excluding carboxylic acids is 2. The highest BCUT2D eigenvalue weighted by Gasteiger charge is 2.10. The van der Waals surface area contributed by atoms with Crippen molar-refractivity contribution in [2.45, 2.75) is 6.42 Å². The lowest BCUT2D eigenvalue weighted by Crippen LogP contribution is -2.37. The molecule has 0 heterocycles. The third-order valence-electron chi connectivity index (χ3n) is 3.40. The summed E-state index contributed by atoms with van der Waals surface area (Å²) in [5.41, 5.74) is 1.41. The molecule has 0 saturated heterocycles. The molecule has 0 aromatic heterocycles. The molecule has 0 fully saturated rings. The van der Waals surface area contributed by atoms with Crippen LogP contribution in [0.5, 0.6) is 5.75 Å². The summed E-state index contributed by atoms with van der Waals surface area (Å²) < 4.78 is 5.15. The van der Waals surface area contributed by atoms with Gasteiger partial charge in [0.1, 0.15) is 5.75 Å². The van der Waals surface area contributed by atoms with Crippen LogP contribution < -0.4 is 15.4 Å². The summed E-state index contributed by atoms with van der Waals surface area (Å²) in [4.78, 5) is 23.7. The van der Waals surface area contributed by atoms with E-state index in [2.05, 4.69) is 10.6 Å². The summed E-state index contributed by atoms with van der Waals surface area (Å²) in [5.74, 6) is 0.160. The van der Waals surface area contributed by atoms with Crippen LogP contribution in [0.4, 0.5) is 0 Å². The Kier molecular flexibility index (Phi) is 6.63. The van der Waals surface area contributed by atoms with Crippen molar-refractivity contribution in [2.24, 2.45) is 0 Å². The number of amides is 2. The van der Waals surface area contributed by atoms with Crippen molar-refractivity contribution in [3.05, 3.63) is 64.7 Å². The average molecular weight is 347 g/mol. The lowest BCUT2D eigenvalue weighted by Gasteiger charge is -2.08. The molecule has 0 aliphatic heterocycles. The fourth-order valence-electron chi connectivity index (χ4n) is 2.14. The molecule has 5 nitrogen and oxygen atoms in total. The number of carbonyl (C=O) groups is 2. The Balaban J connectivity index is 1.73. The zero-order chi connectivity index (χ0) is 17.4. The van der Waals surface area contributed by atoms with E-state index >= 15 is 0 Å². The maximum Gasteiger partial charge on any atom is 0.253 e. The molecule has 2 rings (SSSR count). The van der Waals surface area contributed by atoms with Crippen molar-refractivity contribution in [1.29, 1.82) is 0 Å². The number of methoxy groups -OCH3 is 1. The average Bonchev–Trinajstić information content (AvgIpc) is 2.60. The molecule has 0 radical (unpaired) electrons. The van der Waals surface area contributed by atoms with Gasteiger partial charge in [-0.2, -0.15) is 0 Å². The van der Waals surface area contributed by atoms with Crippen molar-refractivity contribution in [3.8, 4) is 5.75 Å². The third-order valence-corrected chi connectivity index (χ3v) is 3.73. The van der Waals surface area contributed by atoms with Gasteiger partial charge >= 0.3 is 0 Å². The zero-order valence-corrected chi connectivity index (χ0v) is 14.1. The van der Waals surface area contributed by atoms with Crippen LogP contribution in [-0.4, -0.2) is 32.0 Å². The molecule has 0 unspecified atom stereocenters. The molecule has 2 N–H and O–H groups in total. The first-order chi connectivity index (χ1) is 11.6. The molecule has 0 spiro atoms. The monoisotopic (exact) mass is 346 g/mol. The first-order valence-electron chi connectivity index (χ1n) is 7.52. The second kappa shape index (κ2) is 8.93. The smallest absolute Gasteiger partial charge is 0.253 e. The van der Waals surface area contributed by atoms with Gasteiger partial charge < -0.3 is 15.4 Å². The fourth-order valence-corrected chi connectivity index (χ4v) is 2.36. The highest BCUT2D eigenvalue weighted by Crippen LogP contribution is 2.14. The van der Waals surface area contributed by atoms with Crippen LogP contribution in [0.2, 0.25) is 5.02 Å². The van der Waals surface area contributed by atoms with Gasteiger partial charge in [0.05, 0.1) is 24.2 Å². The third kappa shape index (κ3) is 5.28. The normalized spacial score (nSPS) is 10.1. The highest BCUT2D eigenvalue weighted by molar-refractivity contribution is 6.33. The zero-order valence-electron chi connectivity index (χ0n) is 13.3. The van der Waals surface area contributed by atoms with Crippen LogP contribution in [-0.2, 0) is 11.2 Å². The minimum atomic E-state index is -0.372. The second-order valence-corrected chi connectivity index (χ2v) is 5.52. The number of benzene rings is 2. The van der Waals surface area contributed by atoms with E-state index in [-0.39, 0.29) is 18.4 Å². The van der Waals surface area contributed by atoms with Crippen molar-refractivity contribution < 1.29 is 14.3 Å². The number of hydrogen-bond acceptors (Lipinski definition) is 3.